The average molecular weight is 310 g/mol. The van der Waals surface area contributed by atoms with Gasteiger partial charge in [0.2, 0.25) is 5.91 Å². The van der Waals surface area contributed by atoms with Crippen LogP contribution in [-0.4, -0.2) is 19.1 Å². The topological polar surface area (TPSA) is 64.3 Å². The highest BCUT2D eigenvalue weighted by Gasteiger charge is 2.37. The highest BCUT2D eigenvalue weighted by molar-refractivity contribution is 5.96. The minimum absolute atomic E-state index is 0.0642. The van der Waals surface area contributed by atoms with Gasteiger partial charge in [0.25, 0.3) is 0 Å². The first kappa shape index (κ1) is 15.6. The van der Waals surface area contributed by atoms with Crippen molar-refractivity contribution < 1.29 is 9.53 Å². The maximum Gasteiger partial charge on any atom is 0.232 e. The lowest BCUT2D eigenvalue weighted by Gasteiger charge is -2.17. The minimum atomic E-state index is -0.0654. The Morgan fingerprint density at radius 3 is 2.43 bits per heavy atom. The van der Waals surface area contributed by atoms with Gasteiger partial charge in [-0.25, -0.2) is 0 Å². The molecule has 0 spiro atoms. The van der Waals surface area contributed by atoms with E-state index in [0.29, 0.717) is 19.1 Å². The minimum Gasteiger partial charge on any atom is -0.492 e. The van der Waals surface area contributed by atoms with Crippen LogP contribution in [0.2, 0.25) is 0 Å². The number of amides is 1. The van der Waals surface area contributed by atoms with Gasteiger partial charge in [0.05, 0.1) is 5.92 Å². The predicted molar refractivity (Wildman–Crippen MR) is 91.5 cm³/mol. The van der Waals surface area contributed by atoms with E-state index in [1.54, 1.807) is 0 Å². The van der Waals surface area contributed by atoms with E-state index in [2.05, 4.69) is 5.32 Å². The van der Waals surface area contributed by atoms with Crippen LogP contribution in [0, 0.1) is 5.92 Å². The van der Waals surface area contributed by atoms with Gasteiger partial charge in [-0.3, -0.25) is 4.79 Å². The fourth-order valence-corrected chi connectivity index (χ4v) is 2.76. The Kier molecular flexibility index (Phi) is 4.93. The second-order valence-electron chi connectivity index (χ2n) is 5.88. The summed E-state index contributed by atoms with van der Waals surface area (Å²) in [4.78, 5) is 12.7. The number of anilines is 1. The van der Waals surface area contributed by atoms with Gasteiger partial charge in [-0.15, -0.1) is 0 Å². The molecule has 3 rings (SSSR count). The Labute approximate surface area is 136 Å². The molecule has 1 aliphatic carbocycles. The van der Waals surface area contributed by atoms with Crippen molar-refractivity contribution in [1.29, 1.82) is 0 Å². The molecule has 1 fully saturated rings. The van der Waals surface area contributed by atoms with E-state index in [1.165, 1.54) is 0 Å². The summed E-state index contributed by atoms with van der Waals surface area (Å²) in [5, 5.41) is 3.03. The van der Waals surface area contributed by atoms with Crippen molar-refractivity contribution in [1.82, 2.24) is 0 Å². The van der Waals surface area contributed by atoms with E-state index in [9.17, 15) is 4.79 Å². The van der Waals surface area contributed by atoms with Crippen LogP contribution in [-0.2, 0) is 4.79 Å². The standard InChI is InChI=1S/C19H22N2O2/c20-12-13-23-17-10-8-16(9-11-17)21-19(22)18(15-6-7-15)14-4-2-1-3-5-14/h1-5,8-11,15,18H,6-7,12-13,20H2,(H,21,22). The summed E-state index contributed by atoms with van der Waals surface area (Å²) in [7, 11) is 0. The van der Waals surface area contributed by atoms with Gasteiger partial charge in [0, 0.05) is 12.2 Å². The summed E-state index contributed by atoms with van der Waals surface area (Å²) in [6.45, 7) is 0.974. The summed E-state index contributed by atoms with van der Waals surface area (Å²) in [6.07, 6.45) is 2.25. The van der Waals surface area contributed by atoms with Crippen LogP contribution in [0.1, 0.15) is 24.3 Å². The molecule has 0 bridgehead atoms. The number of hydrogen-bond donors (Lipinski definition) is 2. The van der Waals surface area contributed by atoms with Gasteiger partial charge in [0.1, 0.15) is 12.4 Å². The molecule has 0 aliphatic heterocycles. The number of nitrogens with one attached hydrogen (secondary N) is 1. The van der Waals surface area contributed by atoms with Gasteiger partial charge in [0.15, 0.2) is 0 Å². The summed E-state index contributed by atoms with van der Waals surface area (Å²) < 4.78 is 5.44. The Morgan fingerprint density at radius 1 is 1.13 bits per heavy atom. The number of ether oxygens (including phenoxy) is 1. The summed E-state index contributed by atoms with van der Waals surface area (Å²) in [5.74, 6) is 1.22. The van der Waals surface area contributed by atoms with Crippen molar-refractivity contribution in [3.63, 3.8) is 0 Å². The molecular weight excluding hydrogens is 288 g/mol. The fraction of sp³-hybridized carbons (Fsp3) is 0.316. The lowest BCUT2D eigenvalue weighted by molar-refractivity contribution is -0.118. The van der Waals surface area contributed by atoms with Gasteiger partial charge < -0.3 is 15.8 Å². The van der Waals surface area contributed by atoms with Crippen LogP contribution in [0.25, 0.3) is 0 Å². The molecule has 1 amide bonds. The number of hydrogen-bond acceptors (Lipinski definition) is 3. The normalized spacial score (nSPS) is 15.0. The van der Waals surface area contributed by atoms with Crippen LogP contribution in [0.3, 0.4) is 0 Å². The first-order chi connectivity index (χ1) is 11.3. The van der Waals surface area contributed by atoms with Crippen LogP contribution < -0.4 is 15.8 Å². The number of benzene rings is 2. The van der Waals surface area contributed by atoms with E-state index < -0.39 is 0 Å². The van der Waals surface area contributed by atoms with Crippen molar-refractivity contribution in [2.45, 2.75) is 18.8 Å². The molecule has 4 nitrogen and oxygen atoms in total. The fourth-order valence-electron chi connectivity index (χ4n) is 2.76. The summed E-state index contributed by atoms with van der Waals surface area (Å²) in [5.41, 5.74) is 7.29. The molecule has 1 aliphatic rings. The molecule has 0 aromatic heterocycles. The zero-order chi connectivity index (χ0) is 16.1. The SMILES string of the molecule is NCCOc1ccc(NC(=O)C(c2ccccc2)C2CC2)cc1. The van der Waals surface area contributed by atoms with Crippen molar-refractivity contribution in [2.24, 2.45) is 11.7 Å². The number of nitrogens with two attached hydrogens (primary N) is 1. The Bertz CT molecular complexity index is 636. The van der Waals surface area contributed by atoms with Crippen LogP contribution in [0.4, 0.5) is 5.69 Å². The van der Waals surface area contributed by atoms with Crippen LogP contribution in [0.15, 0.2) is 54.6 Å². The lowest BCUT2D eigenvalue weighted by Crippen LogP contribution is -2.22. The molecule has 1 atom stereocenters. The summed E-state index contributed by atoms with van der Waals surface area (Å²) in [6, 6.07) is 17.4. The van der Waals surface area contributed by atoms with E-state index in [0.717, 1.165) is 29.8 Å². The van der Waals surface area contributed by atoms with Gasteiger partial charge in [-0.05, 0) is 48.6 Å². The highest BCUT2D eigenvalue weighted by Crippen LogP contribution is 2.43. The first-order valence-electron chi connectivity index (χ1n) is 8.06. The van der Waals surface area contributed by atoms with E-state index in [1.807, 2.05) is 54.6 Å². The maximum absolute atomic E-state index is 12.7. The molecule has 3 N–H and O–H groups in total. The van der Waals surface area contributed by atoms with Gasteiger partial charge in [-0.1, -0.05) is 30.3 Å². The lowest BCUT2D eigenvalue weighted by atomic mass is 9.93. The van der Waals surface area contributed by atoms with Crippen molar-refractivity contribution >= 4 is 11.6 Å². The second-order valence-corrected chi connectivity index (χ2v) is 5.88. The van der Waals surface area contributed by atoms with E-state index >= 15 is 0 Å². The number of carbonyl (C=O) groups is 1. The monoisotopic (exact) mass is 310 g/mol. The van der Waals surface area contributed by atoms with Crippen LogP contribution >= 0.6 is 0 Å². The molecule has 1 unspecified atom stereocenters. The molecule has 0 saturated heterocycles. The third-order valence-corrected chi connectivity index (χ3v) is 4.04. The first-order valence-corrected chi connectivity index (χ1v) is 8.06. The molecule has 0 heterocycles. The quantitative estimate of drug-likeness (QED) is 0.825. The average Bonchev–Trinajstić information content (AvgIpc) is 3.40. The van der Waals surface area contributed by atoms with Crippen molar-refractivity contribution in [3.05, 3.63) is 60.2 Å². The number of carbonyl (C=O) groups excluding carboxylic acids is 1. The molecule has 4 heteroatoms. The largest absolute Gasteiger partial charge is 0.492 e. The van der Waals surface area contributed by atoms with E-state index in [4.69, 9.17) is 10.5 Å². The summed E-state index contributed by atoms with van der Waals surface area (Å²) >= 11 is 0. The highest BCUT2D eigenvalue weighted by atomic mass is 16.5. The van der Waals surface area contributed by atoms with Gasteiger partial charge >= 0.3 is 0 Å². The Balaban J connectivity index is 1.67. The molecule has 120 valence electrons. The molecule has 2 aromatic rings. The Hall–Kier alpha value is -2.33. The zero-order valence-electron chi connectivity index (χ0n) is 13.1. The zero-order valence-corrected chi connectivity index (χ0v) is 13.1. The van der Waals surface area contributed by atoms with Crippen LogP contribution in [0.5, 0.6) is 5.75 Å². The smallest absolute Gasteiger partial charge is 0.232 e. The van der Waals surface area contributed by atoms with E-state index in [-0.39, 0.29) is 11.8 Å². The molecule has 1 saturated carbocycles. The molecule has 23 heavy (non-hydrogen) atoms. The number of rotatable bonds is 7. The maximum atomic E-state index is 12.7. The van der Waals surface area contributed by atoms with Gasteiger partial charge in [-0.2, -0.15) is 0 Å². The van der Waals surface area contributed by atoms with Crippen molar-refractivity contribution in [2.75, 3.05) is 18.5 Å². The second kappa shape index (κ2) is 7.29. The third-order valence-electron chi connectivity index (χ3n) is 4.04. The predicted octanol–water partition coefficient (Wildman–Crippen LogP) is 3.16. The third kappa shape index (κ3) is 4.11. The van der Waals surface area contributed by atoms with Crippen molar-refractivity contribution in [3.8, 4) is 5.75 Å². The molecule has 2 aromatic carbocycles. The Morgan fingerprint density at radius 2 is 1.83 bits per heavy atom. The molecule has 0 radical (unpaired) electrons. The molecular formula is C19H22N2O2.